The summed E-state index contributed by atoms with van der Waals surface area (Å²) >= 11 is 1.58. The van der Waals surface area contributed by atoms with Crippen LogP contribution in [0.3, 0.4) is 0 Å². The Bertz CT molecular complexity index is 864. The predicted octanol–water partition coefficient (Wildman–Crippen LogP) is 3.11. The molecular formula is C20H21N3O3S. The maximum Gasteiger partial charge on any atom is 0.292 e. The molecule has 1 amide bonds. The Kier molecular flexibility index (Phi) is 4.02. The lowest BCUT2D eigenvalue weighted by atomic mass is 9.67. The van der Waals surface area contributed by atoms with Crippen LogP contribution >= 0.6 is 11.3 Å². The highest BCUT2D eigenvalue weighted by Gasteiger charge is 2.56. The second-order valence-corrected chi connectivity index (χ2v) is 8.43. The van der Waals surface area contributed by atoms with E-state index in [0.717, 1.165) is 24.3 Å². The molecule has 3 aliphatic rings. The number of carbonyl (C=O) groups is 1. The van der Waals surface area contributed by atoms with Gasteiger partial charge in [0.15, 0.2) is 0 Å². The first-order chi connectivity index (χ1) is 13.2. The van der Waals surface area contributed by atoms with Gasteiger partial charge in [0.05, 0.1) is 18.8 Å². The number of hydrogen-bond acceptors (Lipinski definition) is 6. The molecule has 2 aliphatic heterocycles. The fraction of sp³-hybridized carbons (Fsp3) is 0.450. The van der Waals surface area contributed by atoms with E-state index < -0.39 is 5.54 Å². The number of nitrogens with one attached hydrogen (secondary N) is 1. The van der Waals surface area contributed by atoms with Crippen molar-refractivity contribution in [3.05, 3.63) is 52.5 Å². The first-order valence-electron chi connectivity index (χ1n) is 9.32. The molecule has 1 aromatic carbocycles. The summed E-state index contributed by atoms with van der Waals surface area (Å²) in [7, 11) is 0. The number of carbonyl (C=O) groups excluding carboxylic acids is 1. The predicted molar refractivity (Wildman–Crippen MR) is 102 cm³/mol. The van der Waals surface area contributed by atoms with E-state index in [2.05, 4.69) is 10.3 Å². The average molecular weight is 383 g/mol. The van der Waals surface area contributed by atoms with Gasteiger partial charge in [0.25, 0.3) is 11.9 Å². The lowest BCUT2D eigenvalue weighted by Crippen LogP contribution is -2.58. The topological polar surface area (TPSA) is 72.8 Å². The molecule has 27 heavy (non-hydrogen) atoms. The summed E-state index contributed by atoms with van der Waals surface area (Å²) in [6.07, 6.45) is 6.17. The molecule has 2 atom stereocenters. The van der Waals surface area contributed by atoms with E-state index in [1.165, 1.54) is 6.42 Å². The first kappa shape index (κ1) is 16.9. The molecule has 0 unspecified atom stereocenters. The van der Waals surface area contributed by atoms with Crippen LogP contribution in [0.1, 0.15) is 41.0 Å². The molecule has 0 radical (unpaired) electrons. The van der Waals surface area contributed by atoms with Crippen LogP contribution in [0, 0.1) is 5.92 Å². The van der Waals surface area contributed by atoms with Gasteiger partial charge in [-0.2, -0.15) is 0 Å². The molecule has 1 aliphatic carbocycles. The second-order valence-electron chi connectivity index (χ2n) is 7.54. The van der Waals surface area contributed by atoms with Crippen molar-refractivity contribution < 1.29 is 14.3 Å². The lowest BCUT2D eigenvalue weighted by Gasteiger charge is -2.53. The van der Waals surface area contributed by atoms with E-state index in [1.54, 1.807) is 29.7 Å². The molecule has 3 heterocycles. The van der Waals surface area contributed by atoms with Gasteiger partial charge in [-0.25, -0.2) is 9.98 Å². The second kappa shape index (κ2) is 6.42. The van der Waals surface area contributed by atoms with Crippen LogP contribution < -0.4 is 5.32 Å². The number of ether oxygens (including phenoxy) is 2. The van der Waals surface area contributed by atoms with Crippen molar-refractivity contribution in [3.8, 4) is 0 Å². The van der Waals surface area contributed by atoms with Crippen molar-refractivity contribution in [1.82, 2.24) is 10.3 Å². The van der Waals surface area contributed by atoms with Crippen molar-refractivity contribution in [3.63, 3.8) is 0 Å². The molecule has 6 nitrogen and oxygen atoms in total. The third kappa shape index (κ3) is 2.85. The van der Waals surface area contributed by atoms with Gasteiger partial charge in [0, 0.05) is 23.1 Å². The van der Waals surface area contributed by atoms with Gasteiger partial charge < -0.3 is 9.47 Å². The summed E-state index contributed by atoms with van der Waals surface area (Å²) in [6, 6.07) is 9.33. The maximum absolute atomic E-state index is 12.5. The van der Waals surface area contributed by atoms with Gasteiger partial charge in [-0.1, -0.05) is 18.2 Å². The summed E-state index contributed by atoms with van der Waals surface area (Å²) in [5, 5.41) is 5.70. The van der Waals surface area contributed by atoms with Crippen molar-refractivity contribution in [2.24, 2.45) is 10.9 Å². The molecule has 1 spiro atoms. The number of aliphatic imine (C=N–C) groups is 1. The highest BCUT2D eigenvalue weighted by atomic mass is 32.1. The van der Waals surface area contributed by atoms with Crippen molar-refractivity contribution in [1.29, 1.82) is 0 Å². The zero-order valence-electron chi connectivity index (χ0n) is 14.9. The number of hydrogen-bond donors (Lipinski definition) is 1. The summed E-state index contributed by atoms with van der Waals surface area (Å²) in [5.74, 6) is -0.0237. The summed E-state index contributed by atoms with van der Waals surface area (Å²) in [4.78, 5) is 21.9. The summed E-state index contributed by atoms with van der Waals surface area (Å²) < 4.78 is 12.2. The molecule has 7 heteroatoms. The Labute approximate surface area is 161 Å². The van der Waals surface area contributed by atoms with Crippen LogP contribution in [0.5, 0.6) is 0 Å². The van der Waals surface area contributed by atoms with Gasteiger partial charge >= 0.3 is 0 Å². The summed E-state index contributed by atoms with van der Waals surface area (Å²) in [6.45, 7) is 0.998. The van der Waals surface area contributed by atoms with Crippen LogP contribution in [-0.4, -0.2) is 35.7 Å². The number of amidine groups is 1. The third-order valence-electron chi connectivity index (χ3n) is 5.94. The normalized spacial score (nSPS) is 28.4. The molecule has 1 aromatic heterocycles. The van der Waals surface area contributed by atoms with Crippen molar-refractivity contribution in [2.45, 2.75) is 36.8 Å². The van der Waals surface area contributed by atoms with Gasteiger partial charge in [-0.15, -0.1) is 11.3 Å². The Morgan fingerprint density at radius 3 is 2.81 bits per heavy atom. The fourth-order valence-electron chi connectivity index (χ4n) is 4.24. The lowest BCUT2D eigenvalue weighted by molar-refractivity contribution is -0.182. The Balaban J connectivity index is 1.45. The highest BCUT2D eigenvalue weighted by molar-refractivity contribution is 7.09. The SMILES string of the molecule is O=C(NC1=N[C@@]2(c3nccs3)COC3(CCC3)C[C@H]2CO1)c1ccccc1. The van der Waals surface area contributed by atoms with Gasteiger partial charge in [0.2, 0.25) is 0 Å². The molecule has 2 aromatic rings. The molecule has 2 fully saturated rings. The van der Waals surface area contributed by atoms with E-state index in [9.17, 15) is 4.79 Å². The van der Waals surface area contributed by atoms with Gasteiger partial charge in [-0.3, -0.25) is 10.1 Å². The monoisotopic (exact) mass is 383 g/mol. The number of thiazole rings is 1. The fourth-order valence-corrected chi connectivity index (χ4v) is 5.08. The Morgan fingerprint density at radius 2 is 2.11 bits per heavy atom. The highest BCUT2D eigenvalue weighted by Crippen LogP contribution is 2.52. The zero-order chi connectivity index (χ0) is 18.3. The minimum atomic E-state index is -0.577. The Hall–Kier alpha value is -2.25. The van der Waals surface area contributed by atoms with Crippen LogP contribution in [0.2, 0.25) is 0 Å². The van der Waals surface area contributed by atoms with Gasteiger partial charge in [0.1, 0.15) is 10.5 Å². The molecule has 5 rings (SSSR count). The molecule has 0 bridgehead atoms. The third-order valence-corrected chi connectivity index (χ3v) is 6.88. The summed E-state index contributed by atoms with van der Waals surface area (Å²) in [5.41, 5.74) is -0.00990. The minimum Gasteiger partial charge on any atom is -0.465 e. The van der Waals surface area contributed by atoms with Crippen molar-refractivity contribution in [2.75, 3.05) is 13.2 Å². The van der Waals surface area contributed by atoms with E-state index >= 15 is 0 Å². The quantitative estimate of drug-likeness (QED) is 0.865. The number of fused-ring (bicyclic) bond motifs is 1. The van der Waals surface area contributed by atoms with E-state index in [-0.39, 0.29) is 23.4 Å². The Morgan fingerprint density at radius 1 is 1.26 bits per heavy atom. The first-order valence-corrected chi connectivity index (χ1v) is 10.2. The molecular weight excluding hydrogens is 362 g/mol. The van der Waals surface area contributed by atoms with Crippen LogP contribution in [0.15, 0.2) is 46.9 Å². The molecule has 1 N–H and O–H groups in total. The van der Waals surface area contributed by atoms with Crippen molar-refractivity contribution >= 4 is 23.3 Å². The average Bonchev–Trinajstić information content (AvgIpc) is 3.22. The maximum atomic E-state index is 12.5. The number of nitrogens with zero attached hydrogens (tertiary/aromatic N) is 2. The zero-order valence-corrected chi connectivity index (χ0v) is 15.7. The van der Waals surface area contributed by atoms with Crippen LogP contribution in [0.4, 0.5) is 0 Å². The van der Waals surface area contributed by atoms with Crippen LogP contribution in [-0.2, 0) is 15.0 Å². The smallest absolute Gasteiger partial charge is 0.292 e. The number of aromatic nitrogens is 1. The number of amides is 1. The number of rotatable bonds is 2. The molecule has 1 saturated heterocycles. The van der Waals surface area contributed by atoms with E-state index in [0.29, 0.717) is 18.8 Å². The van der Waals surface area contributed by atoms with E-state index in [4.69, 9.17) is 14.5 Å². The number of benzene rings is 1. The molecule has 140 valence electrons. The van der Waals surface area contributed by atoms with Crippen LogP contribution in [0.25, 0.3) is 0 Å². The molecule has 1 saturated carbocycles. The standard InChI is InChI=1S/C20H21N3O3S/c24-16(14-5-2-1-3-6-14)22-18-23-20(17-21-9-10-27-17)13-26-19(7-4-8-19)11-15(20)12-25-18/h1-3,5-6,9-10,15H,4,7-8,11-13H2,(H,22,23,24)/t15-,20-/m0/s1. The minimum absolute atomic E-state index is 0.00486. The van der Waals surface area contributed by atoms with Gasteiger partial charge in [-0.05, 0) is 37.8 Å². The largest absolute Gasteiger partial charge is 0.465 e. The van der Waals surface area contributed by atoms with E-state index in [1.807, 2.05) is 23.6 Å².